The van der Waals surface area contributed by atoms with Crippen molar-refractivity contribution in [3.05, 3.63) is 94.5 Å². The first-order valence-corrected chi connectivity index (χ1v) is 11.5. The maximum atomic E-state index is 13.4. The van der Waals surface area contributed by atoms with Gasteiger partial charge in [0.05, 0.1) is 27.6 Å². The van der Waals surface area contributed by atoms with Crippen molar-refractivity contribution in [2.45, 2.75) is 13.8 Å². The lowest BCUT2D eigenvalue weighted by atomic mass is 10.1. The van der Waals surface area contributed by atoms with E-state index >= 15 is 0 Å². The molecule has 4 aromatic rings. The lowest BCUT2D eigenvalue weighted by Gasteiger charge is -2.18. The van der Waals surface area contributed by atoms with Crippen LogP contribution in [0.2, 0.25) is 0 Å². The third-order valence-corrected chi connectivity index (χ3v) is 6.51. The molecule has 168 valence electrons. The van der Waals surface area contributed by atoms with Gasteiger partial charge < -0.3 is 0 Å². The van der Waals surface area contributed by atoms with Crippen molar-refractivity contribution in [2.24, 2.45) is 5.10 Å². The molecule has 7 nitrogen and oxygen atoms in total. The van der Waals surface area contributed by atoms with Gasteiger partial charge in [-0.15, -0.1) is 0 Å². The SMILES string of the molecule is Cc1ccc(/C=N/N(C(=O)CN2C(=O)c3ccccc3C2=O)c2nc3ccc(C)cc3s2)cc1. The Balaban J connectivity index is 1.48. The Kier molecular flexibility index (Phi) is 5.51. The summed E-state index contributed by atoms with van der Waals surface area (Å²) in [6.07, 6.45) is 1.57. The Morgan fingerprint density at radius 1 is 0.971 bits per heavy atom. The minimum absolute atomic E-state index is 0.297. The number of carbonyl (C=O) groups excluding carboxylic acids is 3. The fraction of sp³-hybridized carbons (Fsp3) is 0.115. The van der Waals surface area contributed by atoms with Crippen LogP contribution in [-0.2, 0) is 4.79 Å². The molecule has 0 atom stereocenters. The molecule has 2 heterocycles. The van der Waals surface area contributed by atoms with Crippen LogP contribution in [0.1, 0.15) is 37.4 Å². The minimum Gasteiger partial charge on any atom is -0.270 e. The van der Waals surface area contributed by atoms with Crippen molar-refractivity contribution in [2.75, 3.05) is 11.6 Å². The third kappa shape index (κ3) is 3.99. The summed E-state index contributed by atoms with van der Waals surface area (Å²) in [7, 11) is 0. The maximum Gasteiger partial charge on any atom is 0.269 e. The smallest absolute Gasteiger partial charge is 0.269 e. The second-order valence-corrected chi connectivity index (χ2v) is 9.08. The largest absolute Gasteiger partial charge is 0.270 e. The van der Waals surface area contributed by atoms with Crippen LogP contribution in [-0.4, -0.2) is 40.4 Å². The van der Waals surface area contributed by atoms with Crippen LogP contribution in [0.15, 0.2) is 71.8 Å². The fourth-order valence-electron chi connectivity index (χ4n) is 3.69. The average Bonchev–Trinajstić information content (AvgIpc) is 3.35. The predicted molar refractivity (Wildman–Crippen MR) is 132 cm³/mol. The van der Waals surface area contributed by atoms with E-state index in [9.17, 15) is 14.4 Å². The molecule has 0 saturated carbocycles. The molecule has 0 radical (unpaired) electrons. The first-order valence-electron chi connectivity index (χ1n) is 10.7. The Bertz CT molecular complexity index is 1440. The number of imide groups is 1. The molecule has 1 aliphatic heterocycles. The molecule has 0 bridgehead atoms. The summed E-state index contributed by atoms with van der Waals surface area (Å²) in [6.45, 7) is 3.54. The summed E-state index contributed by atoms with van der Waals surface area (Å²) >= 11 is 1.32. The summed E-state index contributed by atoms with van der Waals surface area (Å²) in [4.78, 5) is 44.5. The number of hydrogen-bond donors (Lipinski definition) is 0. The lowest BCUT2D eigenvalue weighted by Crippen LogP contribution is -2.41. The average molecular weight is 469 g/mol. The van der Waals surface area contributed by atoms with E-state index in [4.69, 9.17) is 0 Å². The van der Waals surface area contributed by atoms with Gasteiger partial charge in [0.15, 0.2) is 0 Å². The Morgan fingerprint density at radius 2 is 1.62 bits per heavy atom. The first-order chi connectivity index (χ1) is 16.4. The highest BCUT2D eigenvalue weighted by atomic mass is 32.1. The number of aryl methyl sites for hydroxylation is 2. The van der Waals surface area contributed by atoms with Crippen LogP contribution in [0.5, 0.6) is 0 Å². The zero-order chi connectivity index (χ0) is 23.8. The number of anilines is 1. The minimum atomic E-state index is -0.534. The van der Waals surface area contributed by atoms with Gasteiger partial charge in [-0.05, 0) is 49.2 Å². The van der Waals surface area contributed by atoms with Crippen molar-refractivity contribution in [1.29, 1.82) is 0 Å². The Morgan fingerprint density at radius 3 is 2.29 bits per heavy atom. The molecular formula is C26H20N4O3S. The van der Waals surface area contributed by atoms with Crippen molar-refractivity contribution in [3.8, 4) is 0 Å². The molecule has 3 aromatic carbocycles. The summed E-state index contributed by atoms with van der Waals surface area (Å²) in [5.41, 5.74) is 4.33. The van der Waals surface area contributed by atoms with Crippen LogP contribution in [0.4, 0.5) is 5.13 Å². The van der Waals surface area contributed by atoms with Gasteiger partial charge >= 0.3 is 0 Å². The quantitative estimate of drug-likeness (QED) is 0.244. The second-order valence-electron chi connectivity index (χ2n) is 8.07. The van der Waals surface area contributed by atoms with Crippen molar-refractivity contribution >= 4 is 50.6 Å². The molecular weight excluding hydrogens is 448 g/mol. The highest BCUT2D eigenvalue weighted by Gasteiger charge is 2.37. The van der Waals surface area contributed by atoms with Gasteiger partial charge in [0.2, 0.25) is 5.13 Å². The van der Waals surface area contributed by atoms with Gasteiger partial charge in [-0.3, -0.25) is 19.3 Å². The number of hydrogen-bond acceptors (Lipinski definition) is 6. The number of fused-ring (bicyclic) bond motifs is 2. The van der Waals surface area contributed by atoms with Gasteiger partial charge in [0.25, 0.3) is 17.7 Å². The molecule has 0 saturated heterocycles. The second kappa shape index (κ2) is 8.64. The monoisotopic (exact) mass is 468 g/mol. The number of hydrazone groups is 1. The fourth-order valence-corrected chi connectivity index (χ4v) is 4.73. The molecule has 0 spiro atoms. The first kappa shape index (κ1) is 21.7. The summed E-state index contributed by atoms with van der Waals surface area (Å²) in [5, 5.41) is 5.95. The summed E-state index contributed by atoms with van der Waals surface area (Å²) in [6, 6.07) is 20.1. The van der Waals surface area contributed by atoms with E-state index in [1.54, 1.807) is 30.5 Å². The normalized spacial score (nSPS) is 13.2. The molecule has 8 heteroatoms. The third-order valence-electron chi connectivity index (χ3n) is 5.52. The van der Waals surface area contributed by atoms with Crippen LogP contribution >= 0.6 is 11.3 Å². The summed E-state index contributed by atoms with van der Waals surface area (Å²) < 4.78 is 0.916. The Hall–Kier alpha value is -4.17. The van der Waals surface area contributed by atoms with Crippen LogP contribution in [0, 0.1) is 13.8 Å². The van der Waals surface area contributed by atoms with Gasteiger partial charge in [-0.1, -0.05) is 59.4 Å². The van der Waals surface area contributed by atoms with Crippen LogP contribution < -0.4 is 5.01 Å². The molecule has 0 N–H and O–H groups in total. The van der Waals surface area contributed by atoms with E-state index in [0.29, 0.717) is 16.3 Å². The number of rotatable bonds is 5. The van der Waals surface area contributed by atoms with Gasteiger partial charge in [0, 0.05) is 0 Å². The van der Waals surface area contributed by atoms with Crippen LogP contribution in [0.25, 0.3) is 10.2 Å². The van der Waals surface area contributed by atoms with E-state index in [-0.39, 0.29) is 0 Å². The molecule has 1 aliphatic rings. The van der Waals surface area contributed by atoms with E-state index in [2.05, 4.69) is 10.1 Å². The zero-order valence-electron chi connectivity index (χ0n) is 18.6. The molecule has 0 aliphatic carbocycles. The van der Waals surface area contributed by atoms with Gasteiger partial charge in [-0.25, -0.2) is 4.98 Å². The number of thiazole rings is 1. The molecule has 0 fully saturated rings. The number of aromatic nitrogens is 1. The number of nitrogens with zero attached hydrogens (tertiary/aromatic N) is 4. The standard InChI is InChI=1S/C26H20N4O3S/c1-16-7-10-18(11-8-16)14-27-30(26-28-21-12-9-17(2)13-22(21)34-26)23(31)15-29-24(32)19-5-3-4-6-20(19)25(29)33/h3-14H,15H2,1-2H3/b27-14+. The number of benzene rings is 3. The van der Waals surface area contributed by atoms with E-state index in [0.717, 1.165) is 31.8 Å². The van der Waals surface area contributed by atoms with E-state index in [1.165, 1.54) is 16.3 Å². The van der Waals surface area contributed by atoms with E-state index < -0.39 is 24.3 Å². The molecule has 34 heavy (non-hydrogen) atoms. The van der Waals surface area contributed by atoms with E-state index in [1.807, 2.05) is 56.3 Å². The topological polar surface area (TPSA) is 82.9 Å². The Labute approximate surface area is 200 Å². The van der Waals surface area contributed by atoms with Crippen molar-refractivity contribution in [3.63, 3.8) is 0 Å². The molecule has 1 aromatic heterocycles. The molecule has 0 unspecified atom stereocenters. The molecule has 5 rings (SSSR count). The predicted octanol–water partition coefficient (Wildman–Crippen LogP) is 4.58. The van der Waals surface area contributed by atoms with Crippen molar-refractivity contribution in [1.82, 2.24) is 9.88 Å². The molecule has 3 amide bonds. The number of amides is 3. The summed E-state index contributed by atoms with van der Waals surface area (Å²) in [5.74, 6) is -1.51. The highest BCUT2D eigenvalue weighted by Crippen LogP contribution is 2.30. The van der Waals surface area contributed by atoms with Gasteiger partial charge in [0.1, 0.15) is 6.54 Å². The maximum absolute atomic E-state index is 13.4. The zero-order valence-corrected chi connectivity index (χ0v) is 19.4. The highest BCUT2D eigenvalue weighted by molar-refractivity contribution is 7.22. The van der Waals surface area contributed by atoms with Crippen molar-refractivity contribution < 1.29 is 14.4 Å². The lowest BCUT2D eigenvalue weighted by molar-refractivity contribution is -0.118. The van der Waals surface area contributed by atoms with Crippen LogP contribution in [0.3, 0.4) is 0 Å². The van der Waals surface area contributed by atoms with Gasteiger partial charge in [-0.2, -0.15) is 10.1 Å². The number of carbonyl (C=O) groups is 3.